The second-order valence-corrected chi connectivity index (χ2v) is 7.36. The van der Waals surface area contributed by atoms with E-state index in [0.29, 0.717) is 5.92 Å². The molecule has 0 fully saturated rings. The van der Waals surface area contributed by atoms with Gasteiger partial charge in [0.15, 0.2) is 0 Å². The first-order valence-electron chi connectivity index (χ1n) is 4.85. The van der Waals surface area contributed by atoms with Crippen LogP contribution >= 0.6 is 11.6 Å². The van der Waals surface area contributed by atoms with E-state index < -0.39 is 8.56 Å². The fourth-order valence-corrected chi connectivity index (χ4v) is 5.34. The Morgan fingerprint density at radius 3 is 2.31 bits per heavy atom. The Kier molecular flexibility index (Phi) is 7.04. The first-order chi connectivity index (χ1) is 6.10. The molecule has 1 atom stereocenters. The van der Waals surface area contributed by atoms with Gasteiger partial charge in [-0.1, -0.05) is 38.8 Å². The van der Waals surface area contributed by atoms with Crippen LogP contribution in [0.25, 0.3) is 0 Å². The molecule has 4 heteroatoms. The number of rotatable bonds is 7. The minimum Gasteiger partial charge on any atom is -0.398 e. The molecule has 0 radical (unpaired) electrons. The molecular weight excluding hydrogens is 204 g/mol. The van der Waals surface area contributed by atoms with Crippen molar-refractivity contribution < 1.29 is 8.85 Å². The molecule has 0 heterocycles. The molecule has 0 aromatic heterocycles. The molecule has 13 heavy (non-hydrogen) atoms. The average molecular weight is 225 g/mol. The lowest BCUT2D eigenvalue weighted by molar-refractivity contribution is 0.224. The van der Waals surface area contributed by atoms with Crippen molar-refractivity contribution in [2.45, 2.75) is 39.3 Å². The van der Waals surface area contributed by atoms with Gasteiger partial charge in [-0.05, 0) is 18.0 Å². The fraction of sp³-hybridized carbons (Fsp3) is 1.00. The predicted molar refractivity (Wildman–Crippen MR) is 59.3 cm³/mol. The first-order valence-corrected chi connectivity index (χ1v) is 7.61. The Morgan fingerprint density at radius 2 is 2.00 bits per heavy atom. The summed E-state index contributed by atoms with van der Waals surface area (Å²) >= 11 is 5.62. The number of halogens is 1. The molecule has 0 bridgehead atoms. The highest BCUT2D eigenvalue weighted by atomic mass is 35.5. The SMILES string of the molecule is CCC[Si](CC(C)C)(OC)OCCl. The molecule has 0 rings (SSSR count). The van der Waals surface area contributed by atoms with Crippen LogP contribution in [0.15, 0.2) is 0 Å². The van der Waals surface area contributed by atoms with E-state index in [1.54, 1.807) is 7.11 Å². The second kappa shape index (κ2) is 6.82. The minimum atomic E-state index is -1.96. The Labute approximate surface area is 87.8 Å². The molecule has 0 spiro atoms. The lowest BCUT2D eigenvalue weighted by atomic mass is 10.3. The van der Waals surface area contributed by atoms with E-state index >= 15 is 0 Å². The summed E-state index contributed by atoms with van der Waals surface area (Å²) in [6.07, 6.45) is 1.10. The molecular formula is C9H21ClO2Si. The maximum atomic E-state index is 5.62. The van der Waals surface area contributed by atoms with Crippen LogP contribution in [0.1, 0.15) is 27.2 Å². The molecule has 0 aliphatic carbocycles. The quantitative estimate of drug-likeness (QED) is 0.488. The van der Waals surface area contributed by atoms with E-state index in [2.05, 4.69) is 20.8 Å². The van der Waals surface area contributed by atoms with E-state index in [1.807, 2.05) is 0 Å². The number of alkyl halides is 1. The zero-order chi connectivity index (χ0) is 10.3. The molecule has 0 amide bonds. The average Bonchev–Trinajstić information content (AvgIpc) is 2.04. The first kappa shape index (κ1) is 13.4. The van der Waals surface area contributed by atoms with Gasteiger partial charge < -0.3 is 8.85 Å². The van der Waals surface area contributed by atoms with Crippen LogP contribution in [0.5, 0.6) is 0 Å². The van der Waals surface area contributed by atoms with Gasteiger partial charge in [0.2, 0.25) is 0 Å². The monoisotopic (exact) mass is 224 g/mol. The van der Waals surface area contributed by atoms with E-state index in [1.165, 1.54) is 0 Å². The predicted octanol–water partition coefficient (Wildman–Crippen LogP) is 3.35. The Morgan fingerprint density at radius 1 is 1.38 bits per heavy atom. The molecule has 0 aromatic carbocycles. The summed E-state index contributed by atoms with van der Waals surface area (Å²) in [4.78, 5) is 0. The van der Waals surface area contributed by atoms with Gasteiger partial charge in [0, 0.05) is 7.11 Å². The second-order valence-electron chi connectivity index (χ2n) is 3.72. The molecule has 0 aromatic rings. The minimum absolute atomic E-state index is 0.257. The van der Waals surface area contributed by atoms with Crippen LogP contribution in [0, 0.1) is 5.92 Å². The van der Waals surface area contributed by atoms with Crippen LogP contribution in [-0.2, 0) is 8.85 Å². The van der Waals surface area contributed by atoms with Crippen LogP contribution in [-0.4, -0.2) is 21.7 Å². The summed E-state index contributed by atoms with van der Waals surface area (Å²) in [6.45, 7) is 6.53. The van der Waals surface area contributed by atoms with Gasteiger partial charge in [-0.2, -0.15) is 0 Å². The molecule has 0 saturated carbocycles. The van der Waals surface area contributed by atoms with E-state index in [4.69, 9.17) is 20.5 Å². The third kappa shape index (κ3) is 5.01. The van der Waals surface area contributed by atoms with Crippen molar-refractivity contribution in [2.24, 2.45) is 5.92 Å². The van der Waals surface area contributed by atoms with E-state index in [0.717, 1.165) is 18.5 Å². The largest absolute Gasteiger partial charge is 0.398 e. The smallest absolute Gasteiger partial charge is 0.339 e. The third-order valence-electron chi connectivity index (χ3n) is 2.04. The molecule has 0 N–H and O–H groups in total. The highest BCUT2D eigenvalue weighted by molar-refractivity contribution is 6.67. The Hall–Kier alpha value is 0.427. The van der Waals surface area contributed by atoms with Gasteiger partial charge in [0.05, 0.1) is 0 Å². The summed E-state index contributed by atoms with van der Waals surface area (Å²) in [5.41, 5.74) is 0. The summed E-state index contributed by atoms with van der Waals surface area (Å²) in [6, 6.07) is 2.32. The van der Waals surface area contributed by atoms with Crippen LogP contribution in [0.4, 0.5) is 0 Å². The molecule has 0 aliphatic heterocycles. The van der Waals surface area contributed by atoms with Crippen molar-refractivity contribution in [3.63, 3.8) is 0 Å². The molecule has 1 unspecified atom stereocenters. The molecule has 0 saturated heterocycles. The standard InChI is InChI=1S/C9H21ClO2Si/c1-5-6-13(11-4,12-8-10)7-9(2)3/h9H,5-8H2,1-4H3. The van der Waals surface area contributed by atoms with Gasteiger partial charge in [-0.25, -0.2) is 0 Å². The topological polar surface area (TPSA) is 18.5 Å². The zero-order valence-electron chi connectivity index (χ0n) is 9.10. The number of hydrogen-bond donors (Lipinski definition) is 0. The van der Waals surface area contributed by atoms with E-state index in [9.17, 15) is 0 Å². The summed E-state index contributed by atoms with van der Waals surface area (Å²) < 4.78 is 11.2. The van der Waals surface area contributed by atoms with Crippen molar-refractivity contribution in [3.05, 3.63) is 0 Å². The Balaban J connectivity index is 4.24. The fourth-order valence-electron chi connectivity index (χ4n) is 1.58. The summed E-state index contributed by atoms with van der Waals surface area (Å²) in [5.74, 6) is 0.612. The third-order valence-corrected chi connectivity index (χ3v) is 6.45. The lowest BCUT2D eigenvalue weighted by Gasteiger charge is -2.29. The van der Waals surface area contributed by atoms with Gasteiger partial charge in [0.25, 0.3) is 0 Å². The maximum Gasteiger partial charge on any atom is 0.339 e. The van der Waals surface area contributed by atoms with Crippen LogP contribution < -0.4 is 0 Å². The maximum absolute atomic E-state index is 5.62. The van der Waals surface area contributed by atoms with Crippen molar-refractivity contribution in [2.75, 3.05) is 13.2 Å². The molecule has 0 aliphatic rings. The summed E-state index contributed by atoms with van der Waals surface area (Å²) in [5, 5.41) is 0. The number of hydrogen-bond acceptors (Lipinski definition) is 2. The van der Waals surface area contributed by atoms with Crippen LogP contribution in [0.3, 0.4) is 0 Å². The van der Waals surface area contributed by atoms with Gasteiger partial charge in [0.1, 0.15) is 6.07 Å². The van der Waals surface area contributed by atoms with Crippen molar-refractivity contribution in [1.29, 1.82) is 0 Å². The highest BCUT2D eigenvalue weighted by Gasteiger charge is 2.36. The van der Waals surface area contributed by atoms with E-state index in [-0.39, 0.29) is 6.07 Å². The highest BCUT2D eigenvalue weighted by Crippen LogP contribution is 2.24. The van der Waals surface area contributed by atoms with Gasteiger partial charge in [-0.15, -0.1) is 0 Å². The van der Waals surface area contributed by atoms with Crippen molar-refractivity contribution in [1.82, 2.24) is 0 Å². The zero-order valence-corrected chi connectivity index (χ0v) is 10.9. The van der Waals surface area contributed by atoms with Crippen molar-refractivity contribution >= 4 is 20.2 Å². The molecule has 80 valence electrons. The van der Waals surface area contributed by atoms with Gasteiger partial charge >= 0.3 is 8.56 Å². The lowest BCUT2D eigenvalue weighted by Crippen LogP contribution is -2.41. The summed E-state index contributed by atoms with van der Waals surface area (Å²) in [7, 11) is -0.218. The molecule has 2 nitrogen and oxygen atoms in total. The Bertz CT molecular complexity index is 125. The van der Waals surface area contributed by atoms with Crippen molar-refractivity contribution in [3.8, 4) is 0 Å². The van der Waals surface area contributed by atoms with Crippen LogP contribution in [0.2, 0.25) is 12.1 Å². The normalized spacial score (nSPS) is 16.2. The van der Waals surface area contributed by atoms with Gasteiger partial charge in [-0.3, -0.25) is 0 Å².